The minimum absolute atomic E-state index is 0.0816. The zero-order valence-corrected chi connectivity index (χ0v) is 11.9. The molecule has 1 saturated carbocycles. The molecule has 2 bridgehead atoms. The van der Waals surface area contributed by atoms with E-state index in [4.69, 9.17) is 9.47 Å². The molecule has 1 saturated heterocycles. The van der Waals surface area contributed by atoms with Crippen LogP contribution in [0.3, 0.4) is 0 Å². The zero-order valence-electron chi connectivity index (χ0n) is 11.9. The maximum absolute atomic E-state index is 12.4. The minimum atomic E-state index is -0.0816. The van der Waals surface area contributed by atoms with E-state index in [2.05, 4.69) is 10.6 Å². The summed E-state index contributed by atoms with van der Waals surface area (Å²) >= 11 is 0. The molecule has 0 aromatic heterocycles. The molecule has 2 fully saturated rings. The summed E-state index contributed by atoms with van der Waals surface area (Å²) in [6.07, 6.45) is 3.83. The SMILES string of the molecule is O=C(NC[C@H]1N[C@@H]2CC[C@H]1C2)c1cccc2c1OCCO2. The second-order valence-electron chi connectivity index (χ2n) is 6.08. The lowest BCUT2D eigenvalue weighted by atomic mass is 10.00. The number of rotatable bonds is 3. The van der Waals surface area contributed by atoms with Gasteiger partial charge in [-0.15, -0.1) is 0 Å². The van der Waals surface area contributed by atoms with Gasteiger partial charge < -0.3 is 20.1 Å². The van der Waals surface area contributed by atoms with E-state index in [1.807, 2.05) is 12.1 Å². The summed E-state index contributed by atoms with van der Waals surface area (Å²) in [6, 6.07) is 6.54. The molecule has 0 radical (unpaired) electrons. The van der Waals surface area contributed by atoms with Gasteiger partial charge in [-0.1, -0.05) is 6.07 Å². The summed E-state index contributed by atoms with van der Waals surface area (Å²) in [6.45, 7) is 1.71. The van der Waals surface area contributed by atoms with Crippen molar-refractivity contribution in [2.45, 2.75) is 31.3 Å². The third-order valence-corrected chi connectivity index (χ3v) is 4.79. The molecule has 1 aromatic rings. The van der Waals surface area contributed by atoms with Gasteiger partial charge in [0.05, 0.1) is 5.56 Å². The molecule has 2 aliphatic heterocycles. The number of nitrogens with one attached hydrogen (secondary N) is 2. The van der Waals surface area contributed by atoms with Crippen LogP contribution in [0.25, 0.3) is 0 Å². The topological polar surface area (TPSA) is 59.6 Å². The quantitative estimate of drug-likeness (QED) is 0.881. The number of para-hydroxylation sites is 1. The summed E-state index contributed by atoms with van der Waals surface area (Å²) < 4.78 is 11.1. The van der Waals surface area contributed by atoms with Gasteiger partial charge in [0.15, 0.2) is 11.5 Å². The third kappa shape index (κ3) is 2.35. The first-order valence-corrected chi connectivity index (χ1v) is 7.74. The lowest BCUT2D eigenvalue weighted by molar-refractivity contribution is 0.0935. The molecular weight excluding hydrogens is 268 g/mol. The van der Waals surface area contributed by atoms with E-state index in [9.17, 15) is 4.79 Å². The van der Waals surface area contributed by atoms with Crippen LogP contribution in [0, 0.1) is 5.92 Å². The predicted octanol–water partition coefficient (Wildman–Crippen LogP) is 1.33. The lowest BCUT2D eigenvalue weighted by Gasteiger charge is -2.24. The van der Waals surface area contributed by atoms with E-state index in [0.29, 0.717) is 48.9 Å². The minimum Gasteiger partial charge on any atom is -0.486 e. The fourth-order valence-electron chi connectivity index (χ4n) is 3.75. The lowest BCUT2D eigenvalue weighted by Crippen LogP contribution is -2.44. The number of hydrogen-bond acceptors (Lipinski definition) is 4. The van der Waals surface area contributed by atoms with Crippen LogP contribution in [0.4, 0.5) is 0 Å². The van der Waals surface area contributed by atoms with Crippen molar-refractivity contribution in [3.05, 3.63) is 23.8 Å². The van der Waals surface area contributed by atoms with Crippen molar-refractivity contribution in [1.82, 2.24) is 10.6 Å². The Kier molecular flexibility index (Phi) is 3.22. The van der Waals surface area contributed by atoms with Gasteiger partial charge in [0, 0.05) is 18.6 Å². The van der Waals surface area contributed by atoms with Gasteiger partial charge in [-0.25, -0.2) is 0 Å². The van der Waals surface area contributed by atoms with Gasteiger partial charge in [-0.2, -0.15) is 0 Å². The summed E-state index contributed by atoms with van der Waals surface area (Å²) in [5.74, 6) is 1.87. The first-order chi connectivity index (χ1) is 10.3. The molecule has 2 N–H and O–H groups in total. The smallest absolute Gasteiger partial charge is 0.255 e. The van der Waals surface area contributed by atoms with Crippen LogP contribution < -0.4 is 20.1 Å². The number of hydrogen-bond donors (Lipinski definition) is 2. The highest BCUT2D eigenvalue weighted by Crippen LogP contribution is 2.35. The van der Waals surface area contributed by atoms with E-state index in [0.717, 1.165) is 5.92 Å². The molecule has 112 valence electrons. The molecule has 4 rings (SSSR count). The molecule has 0 spiro atoms. The van der Waals surface area contributed by atoms with Crippen molar-refractivity contribution in [2.24, 2.45) is 5.92 Å². The Bertz CT molecular complexity index is 560. The van der Waals surface area contributed by atoms with Crippen molar-refractivity contribution in [3.63, 3.8) is 0 Å². The molecule has 3 atom stereocenters. The van der Waals surface area contributed by atoms with Crippen molar-refractivity contribution >= 4 is 5.91 Å². The van der Waals surface area contributed by atoms with Crippen LogP contribution in [-0.2, 0) is 0 Å². The standard InChI is InChI=1S/C16H20N2O3/c19-16(17-9-13-10-4-5-11(8-10)18-13)12-2-1-3-14-15(12)21-7-6-20-14/h1-3,10-11,13,18H,4-9H2,(H,17,19)/t10-,11+,13+/m0/s1. The van der Waals surface area contributed by atoms with Gasteiger partial charge in [-0.05, 0) is 37.3 Å². The second kappa shape index (κ2) is 5.22. The Balaban J connectivity index is 1.43. The zero-order chi connectivity index (χ0) is 14.2. The number of carbonyl (C=O) groups excluding carboxylic acids is 1. The van der Waals surface area contributed by atoms with Crippen LogP contribution in [0.2, 0.25) is 0 Å². The highest BCUT2D eigenvalue weighted by atomic mass is 16.6. The highest BCUT2D eigenvalue weighted by Gasteiger charge is 2.38. The number of carbonyl (C=O) groups is 1. The number of fused-ring (bicyclic) bond motifs is 3. The predicted molar refractivity (Wildman–Crippen MR) is 77.8 cm³/mol. The Morgan fingerprint density at radius 1 is 1.29 bits per heavy atom. The number of benzene rings is 1. The van der Waals surface area contributed by atoms with E-state index in [1.54, 1.807) is 6.07 Å². The van der Waals surface area contributed by atoms with Crippen LogP contribution in [0.1, 0.15) is 29.6 Å². The largest absolute Gasteiger partial charge is 0.486 e. The van der Waals surface area contributed by atoms with Gasteiger partial charge >= 0.3 is 0 Å². The molecular formula is C16H20N2O3. The molecule has 5 nitrogen and oxygen atoms in total. The molecule has 5 heteroatoms. The van der Waals surface area contributed by atoms with Crippen LogP contribution in [0.15, 0.2) is 18.2 Å². The van der Waals surface area contributed by atoms with Gasteiger partial charge in [0.2, 0.25) is 0 Å². The molecule has 1 amide bonds. The fraction of sp³-hybridized carbons (Fsp3) is 0.562. The average molecular weight is 288 g/mol. The number of ether oxygens (including phenoxy) is 2. The Hall–Kier alpha value is -1.75. The first kappa shape index (κ1) is 13.0. The summed E-state index contributed by atoms with van der Waals surface area (Å²) in [4.78, 5) is 12.4. The maximum atomic E-state index is 12.4. The Morgan fingerprint density at radius 3 is 3.00 bits per heavy atom. The van der Waals surface area contributed by atoms with E-state index < -0.39 is 0 Å². The van der Waals surface area contributed by atoms with Crippen molar-refractivity contribution < 1.29 is 14.3 Å². The first-order valence-electron chi connectivity index (χ1n) is 7.74. The third-order valence-electron chi connectivity index (χ3n) is 4.79. The van der Waals surface area contributed by atoms with Gasteiger partial charge in [0.1, 0.15) is 13.2 Å². The molecule has 1 aromatic carbocycles. The summed E-state index contributed by atoms with van der Waals surface area (Å²) in [7, 11) is 0. The van der Waals surface area contributed by atoms with Crippen molar-refractivity contribution in [3.8, 4) is 11.5 Å². The van der Waals surface area contributed by atoms with E-state index >= 15 is 0 Å². The molecule has 0 unspecified atom stereocenters. The van der Waals surface area contributed by atoms with E-state index in [1.165, 1.54) is 19.3 Å². The average Bonchev–Trinajstić information content (AvgIpc) is 3.15. The maximum Gasteiger partial charge on any atom is 0.255 e. The molecule has 1 aliphatic carbocycles. The van der Waals surface area contributed by atoms with Crippen LogP contribution in [0.5, 0.6) is 11.5 Å². The Labute approximate surface area is 124 Å². The summed E-state index contributed by atoms with van der Waals surface area (Å²) in [5, 5.41) is 6.63. The second-order valence-corrected chi connectivity index (χ2v) is 6.08. The highest BCUT2D eigenvalue weighted by molar-refractivity contribution is 5.97. The van der Waals surface area contributed by atoms with Gasteiger partial charge in [-0.3, -0.25) is 4.79 Å². The van der Waals surface area contributed by atoms with Crippen molar-refractivity contribution in [2.75, 3.05) is 19.8 Å². The summed E-state index contributed by atoms with van der Waals surface area (Å²) in [5.41, 5.74) is 0.565. The van der Waals surface area contributed by atoms with E-state index in [-0.39, 0.29) is 5.91 Å². The molecule has 21 heavy (non-hydrogen) atoms. The van der Waals surface area contributed by atoms with Crippen LogP contribution >= 0.6 is 0 Å². The number of piperidine rings is 1. The number of amides is 1. The molecule has 2 heterocycles. The fourth-order valence-corrected chi connectivity index (χ4v) is 3.75. The normalized spacial score (nSPS) is 29.4. The van der Waals surface area contributed by atoms with Crippen LogP contribution in [-0.4, -0.2) is 37.7 Å². The molecule has 3 aliphatic rings. The Morgan fingerprint density at radius 2 is 2.19 bits per heavy atom. The van der Waals surface area contributed by atoms with Crippen molar-refractivity contribution in [1.29, 1.82) is 0 Å². The van der Waals surface area contributed by atoms with Gasteiger partial charge in [0.25, 0.3) is 5.91 Å². The monoisotopic (exact) mass is 288 g/mol.